The summed E-state index contributed by atoms with van der Waals surface area (Å²) in [5.74, 6) is 1.55. The van der Waals surface area contributed by atoms with E-state index in [1.54, 1.807) is 25.6 Å². The van der Waals surface area contributed by atoms with Crippen LogP contribution < -0.4 is 9.47 Å². The summed E-state index contributed by atoms with van der Waals surface area (Å²) in [6.07, 6.45) is 0. The molecule has 1 aromatic carbocycles. The van der Waals surface area contributed by atoms with Crippen LogP contribution in [0.15, 0.2) is 23.6 Å². The molecule has 1 atom stereocenters. The summed E-state index contributed by atoms with van der Waals surface area (Å²) in [5, 5.41) is 2.87. The number of halogens is 2. The van der Waals surface area contributed by atoms with E-state index in [-0.39, 0.29) is 4.83 Å². The quantitative estimate of drug-likeness (QED) is 0.696. The molecular weight excluding hydrogens is 348 g/mol. The van der Waals surface area contributed by atoms with Crippen LogP contribution in [0.4, 0.5) is 0 Å². The molecule has 5 heteroatoms. The summed E-state index contributed by atoms with van der Waals surface area (Å²) in [6, 6.07) is 5.78. The van der Waals surface area contributed by atoms with Gasteiger partial charge in [0.1, 0.15) is 11.5 Å². The lowest BCUT2D eigenvalue weighted by molar-refractivity contribution is 0.391. The molecule has 0 aliphatic carbocycles. The van der Waals surface area contributed by atoms with Crippen LogP contribution >= 0.6 is 38.9 Å². The standard InChI is InChI=1S/C14H14BrClO2S/c1-8-7-19-14(13(8)16)12(15)10-5-4-9(17-2)6-11(10)18-3/h4-7,12H,1-3H3. The summed E-state index contributed by atoms with van der Waals surface area (Å²) >= 11 is 11.7. The molecule has 0 spiro atoms. The van der Waals surface area contributed by atoms with E-state index in [0.29, 0.717) is 0 Å². The van der Waals surface area contributed by atoms with Crippen molar-refractivity contribution >= 4 is 38.9 Å². The minimum absolute atomic E-state index is 0.0135. The molecule has 0 saturated heterocycles. The van der Waals surface area contributed by atoms with E-state index in [0.717, 1.165) is 32.5 Å². The fourth-order valence-electron chi connectivity index (χ4n) is 1.79. The summed E-state index contributed by atoms with van der Waals surface area (Å²) in [6.45, 7) is 2.01. The molecule has 2 aromatic rings. The van der Waals surface area contributed by atoms with Gasteiger partial charge in [-0.05, 0) is 23.9 Å². The summed E-state index contributed by atoms with van der Waals surface area (Å²) in [4.78, 5) is 1.10. The first kappa shape index (κ1) is 14.7. The predicted molar refractivity (Wildman–Crippen MR) is 84.4 cm³/mol. The van der Waals surface area contributed by atoms with Gasteiger partial charge >= 0.3 is 0 Å². The lowest BCUT2D eigenvalue weighted by atomic mass is 10.1. The normalized spacial score (nSPS) is 12.3. The van der Waals surface area contributed by atoms with Crippen LogP contribution in [-0.2, 0) is 0 Å². The smallest absolute Gasteiger partial charge is 0.127 e. The Kier molecular flexibility index (Phi) is 4.76. The second-order valence-corrected chi connectivity index (χ2v) is 6.27. The highest BCUT2D eigenvalue weighted by atomic mass is 79.9. The number of hydrogen-bond acceptors (Lipinski definition) is 3. The molecule has 19 heavy (non-hydrogen) atoms. The van der Waals surface area contributed by atoms with Gasteiger partial charge in [0.2, 0.25) is 0 Å². The fourth-order valence-corrected chi connectivity index (χ4v) is 4.15. The van der Waals surface area contributed by atoms with Crippen molar-refractivity contribution in [2.75, 3.05) is 14.2 Å². The number of aryl methyl sites for hydroxylation is 1. The number of rotatable bonds is 4. The van der Waals surface area contributed by atoms with Crippen LogP contribution in [0.2, 0.25) is 5.02 Å². The predicted octanol–water partition coefficient (Wildman–Crippen LogP) is 5.21. The summed E-state index contributed by atoms with van der Waals surface area (Å²) in [5.41, 5.74) is 2.13. The zero-order valence-corrected chi connectivity index (χ0v) is 14.0. The average Bonchev–Trinajstić information content (AvgIpc) is 2.77. The van der Waals surface area contributed by atoms with Crippen molar-refractivity contribution in [3.05, 3.63) is 44.6 Å². The number of hydrogen-bond donors (Lipinski definition) is 0. The van der Waals surface area contributed by atoms with Crippen molar-refractivity contribution in [2.45, 2.75) is 11.8 Å². The minimum atomic E-state index is 0.0135. The van der Waals surface area contributed by atoms with Crippen molar-refractivity contribution in [1.29, 1.82) is 0 Å². The molecule has 0 N–H and O–H groups in total. The Bertz CT molecular complexity index is 583. The second-order valence-electron chi connectivity index (χ2n) is 4.07. The Morgan fingerprint density at radius 1 is 1.26 bits per heavy atom. The SMILES string of the molecule is COc1ccc(C(Br)c2scc(C)c2Cl)c(OC)c1. The molecule has 0 fully saturated rings. The number of thiophene rings is 1. The van der Waals surface area contributed by atoms with Crippen molar-refractivity contribution < 1.29 is 9.47 Å². The zero-order valence-electron chi connectivity index (χ0n) is 10.9. The molecule has 1 heterocycles. The Morgan fingerprint density at radius 2 is 2.00 bits per heavy atom. The molecule has 0 radical (unpaired) electrons. The maximum absolute atomic E-state index is 6.32. The van der Waals surface area contributed by atoms with Gasteiger partial charge in [-0.1, -0.05) is 33.6 Å². The van der Waals surface area contributed by atoms with Crippen LogP contribution in [0, 0.1) is 6.92 Å². The van der Waals surface area contributed by atoms with Crippen LogP contribution in [0.25, 0.3) is 0 Å². The Hall–Kier alpha value is -0.710. The summed E-state index contributed by atoms with van der Waals surface area (Å²) < 4.78 is 10.6. The third-order valence-corrected chi connectivity index (χ3v) is 5.90. The molecule has 0 bridgehead atoms. The van der Waals surface area contributed by atoms with Gasteiger partial charge in [-0.2, -0.15) is 0 Å². The van der Waals surface area contributed by atoms with Crippen molar-refractivity contribution in [1.82, 2.24) is 0 Å². The largest absolute Gasteiger partial charge is 0.497 e. The number of ether oxygens (including phenoxy) is 2. The highest BCUT2D eigenvalue weighted by Crippen LogP contribution is 2.44. The zero-order chi connectivity index (χ0) is 14.0. The molecule has 102 valence electrons. The lowest BCUT2D eigenvalue weighted by Gasteiger charge is -2.15. The molecule has 0 saturated carbocycles. The maximum Gasteiger partial charge on any atom is 0.127 e. The highest BCUT2D eigenvalue weighted by molar-refractivity contribution is 9.09. The molecular formula is C14H14BrClO2S. The number of benzene rings is 1. The Labute approximate surface area is 130 Å². The lowest BCUT2D eigenvalue weighted by Crippen LogP contribution is -1.97. The molecule has 0 aliphatic rings. The number of alkyl halides is 1. The van der Waals surface area contributed by atoms with Gasteiger partial charge in [0.05, 0.1) is 24.1 Å². The average molecular weight is 362 g/mol. The maximum atomic E-state index is 6.32. The van der Waals surface area contributed by atoms with E-state index < -0.39 is 0 Å². The van der Waals surface area contributed by atoms with E-state index >= 15 is 0 Å². The fraction of sp³-hybridized carbons (Fsp3) is 0.286. The first-order chi connectivity index (χ1) is 9.08. The first-order valence-electron chi connectivity index (χ1n) is 5.68. The van der Waals surface area contributed by atoms with E-state index in [1.165, 1.54) is 0 Å². The topological polar surface area (TPSA) is 18.5 Å². The molecule has 2 nitrogen and oxygen atoms in total. The molecule has 2 rings (SSSR count). The Morgan fingerprint density at radius 3 is 2.53 bits per heavy atom. The Balaban J connectivity index is 2.43. The molecule has 1 unspecified atom stereocenters. The van der Waals surface area contributed by atoms with Gasteiger partial charge < -0.3 is 9.47 Å². The van der Waals surface area contributed by atoms with Gasteiger partial charge in [0, 0.05) is 16.5 Å². The van der Waals surface area contributed by atoms with Crippen LogP contribution in [-0.4, -0.2) is 14.2 Å². The van der Waals surface area contributed by atoms with Crippen molar-refractivity contribution in [3.8, 4) is 11.5 Å². The summed E-state index contributed by atoms with van der Waals surface area (Å²) in [7, 11) is 3.29. The monoisotopic (exact) mass is 360 g/mol. The van der Waals surface area contributed by atoms with Gasteiger partial charge in [0.25, 0.3) is 0 Å². The highest BCUT2D eigenvalue weighted by Gasteiger charge is 2.20. The van der Waals surface area contributed by atoms with Gasteiger partial charge in [-0.15, -0.1) is 11.3 Å². The van der Waals surface area contributed by atoms with Gasteiger partial charge in [-0.25, -0.2) is 0 Å². The van der Waals surface area contributed by atoms with E-state index in [9.17, 15) is 0 Å². The minimum Gasteiger partial charge on any atom is -0.497 e. The second kappa shape index (κ2) is 6.16. The first-order valence-corrected chi connectivity index (χ1v) is 7.85. The van der Waals surface area contributed by atoms with Crippen LogP contribution in [0.3, 0.4) is 0 Å². The number of methoxy groups -OCH3 is 2. The third kappa shape index (κ3) is 2.91. The third-order valence-electron chi connectivity index (χ3n) is 2.87. The molecule has 0 aliphatic heterocycles. The molecule has 1 aromatic heterocycles. The van der Waals surface area contributed by atoms with Gasteiger partial charge in [0.15, 0.2) is 0 Å². The molecule has 0 amide bonds. The van der Waals surface area contributed by atoms with E-state index in [2.05, 4.69) is 21.3 Å². The van der Waals surface area contributed by atoms with E-state index in [1.807, 2.05) is 25.1 Å². The van der Waals surface area contributed by atoms with Crippen LogP contribution in [0.1, 0.15) is 20.8 Å². The van der Waals surface area contributed by atoms with E-state index in [4.69, 9.17) is 21.1 Å². The van der Waals surface area contributed by atoms with Crippen molar-refractivity contribution in [3.63, 3.8) is 0 Å². The van der Waals surface area contributed by atoms with Crippen LogP contribution in [0.5, 0.6) is 11.5 Å². The van der Waals surface area contributed by atoms with Gasteiger partial charge in [-0.3, -0.25) is 0 Å². The van der Waals surface area contributed by atoms with Crippen molar-refractivity contribution in [2.24, 2.45) is 0 Å².